The molecule has 124 heavy (non-hydrogen) atoms. The van der Waals surface area contributed by atoms with Gasteiger partial charge in [0, 0.05) is 138 Å². The van der Waals surface area contributed by atoms with Crippen LogP contribution in [0.5, 0.6) is 0 Å². The number of carbonyl (C=O) groups is 11. The molecule has 0 aliphatic carbocycles. The Morgan fingerprint density at radius 2 is 0.653 bits per heavy atom. The second-order valence-corrected chi connectivity index (χ2v) is 33.0. The Labute approximate surface area is 726 Å². The molecule has 4 fully saturated rings. The lowest BCUT2D eigenvalue weighted by Crippen LogP contribution is -2.64. The molecule has 0 aromatic heterocycles. The monoisotopic (exact) mass is 1780 g/mol. The Kier molecular flexibility index (Phi) is 54.6. The molecule has 0 saturated carbocycles. The van der Waals surface area contributed by atoms with Gasteiger partial charge in [-0.15, -0.1) is 0 Å². The van der Waals surface area contributed by atoms with Crippen molar-refractivity contribution in [1.82, 2.24) is 58.1 Å². The quantitative estimate of drug-likeness (QED) is 0.0258. The van der Waals surface area contributed by atoms with Crippen LogP contribution in [-0.2, 0) is 100 Å². The highest BCUT2D eigenvalue weighted by atomic mass is 16.7. The number of hydrogen-bond donors (Lipinski definition) is 20. The molecule has 0 aromatic rings. The summed E-state index contributed by atoms with van der Waals surface area (Å²) in [6, 6.07) is -3.46. The standard InChI is InChI=1S/C82H147N11O31/c1-53(97)89-69-75(112)72(109)58(46-94)122-78(69)118-38-18-15-24-61(101)83-32-21-35-86-64(104)29-41-115-50-82(92-67(107)27-13-11-9-7-8-10-12-14-28-68(108)93-45-57(100)44-56(93)49-121-81(4,5)6,51-116-42-30-65(105)87-36-22-33-84-62(102)25-16-19-39-119-79-70(90-54(2)98)76(113)73(110)59(47-95)123-79)52-117-43-31-66(106)88-37-23-34-85-63(103)26-17-20-40-120-80-71(91-55(3)99)77(114)74(111)60(48-96)124-80/h56-60,69-80,94-96,100,109-114H,7-52H2,1-6H3,(H,83,101)(H,84,102)(H,85,103)(H,86,104)(H,87,105)(H,88,106)(H,89,97)(H,90,98)(H,91,99)(H,92,107)/t56-,57+,58?,59?,60?,69-,70-,71?,72-,73-,74-,75?,76?,77+,78+,79+,80+,82?/m0/s1. The number of ether oxygens (including phenoxy) is 10. The maximum absolute atomic E-state index is 14.1. The first-order valence-corrected chi connectivity index (χ1v) is 44.0. The average Bonchev–Trinajstić information content (AvgIpc) is 1.01. The van der Waals surface area contributed by atoms with E-state index in [0.29, 0.717) is 90.2 Å². The van der Waals surface area contributed by atoms with Crippen LogP contribution in [0.15, 0.2) is 0 Å². The van der Waals surface area contributed by atoms with E-state index in [9.17, 15) is 104 Å². The third-order valence-corrected chi connectivity index (χ3v) is 20.9. The molecule has 42 nitrogen and oxygen atoms in total. The molecule has 4 saturated heterocycles. The highest BCUT2D eigenvalue weighted by Crippen LogP contribution is 2.28. The zero-order chi connectivity index (χ0) is 91.4. The summed E-state index contributed by atoms with van der Waals surface area (Å²) < 4.78 is 58.2. The number of β-amino-alcohol motifs (C(OH)–C–C–N with tert-alkyl or cyclic N) is 1. The Balaban J connectivity index is 1.31. The van der Waals surface area contributed by atoms with Gasteiger partial charge >= 0.3 is 0 Å². The number of aliphatic hydroxyl groups is 10. The summed E-state index contributed by atoms with van der Waals surface area (Å²) in [5, 5.41) is 129. The molecule has 4 rings (SSSR count). The number of likely N-dealkylation sites (tertiary alicyclic amines) is 1. The highest BCUT2D eigenvalue weighted by Gasteiger charge is 2.48. The Bertz CT molecular complexity index is 2870. The fourth-order valence-corrected chi connectivity index (χ4v) is 14.1. The third-order valence-electron chi connectivity index (χ3n) is 20.9. The largest absolute Gasteiger partial charge is 0.394 e. The number of unbranched alkanes of at least 4 members (excludes halogenated alkanes) is 10. The molecule has 716 valence electrons. The molecule has 6 unspecified atom stereocenters. The van der Waals surface area contributed by atoms with E-state index >= 15 is 0 Å². The molecule has 0 radical (unpaired) electrons. The fraction of sp³-hybridized carbons (Fsp3) is 0.866. The number of carbonyl (C=O) groups excluding carboxylic acids is 11. The van der Waals surface area contributed by atoms with Crippen LogP contribution < -0.4 is 53.2 Å². The minimum absolute atomic E-state index is 0.0109. The number of nitrogens with zero attached hydrogens (tertiary/aromatic N) is 1. The minimum Gasteiger partial charge on any atom is -0.394 e. The topological polar surface area (TPSA) is 606 Å². The molecule has 4 aliphatic heterocycles. The summed E-state index contributed by atoms with van der Waals surface area (Å²) in [6.45, 7) is 8.80. The predicted octanol–water partition coefficient (Wildman–Crippen LogP) is -4.00. The first-order chi connectivity index (χ1) is 59.2. The smallest absolute Gasteiger partial charge is 0.222 e. The van der Waals surface area contributed by atoms with Gasteiger partial charge in [-0.1, -0.05) is 38.5 Å². The molecule has 42 heteroatoms. The van der Waals surface area contributed by atoms with Crippen molar-refractivity contribution in [1.29, 1.82) is 0 Å². The van der Waals surface area contributed by atoms with Gasteiger partial charge < -0.3 is 157 Å². The van der Waals surface area contributed by atoms with Crippen molar-refractivity contribution < 1.29 is 151 Å². The van der Waals surface area contributed by atoms with E-state index in [1.165, 1.54) is 20.8 Å². The molecule has 0 spiro atoms. The fourth-order valence-electron chi connectivity index (χ4n) is 14.1. The van der Waals surface area contributed by atoms with Gasteiger partial charge in [0.25, 0.3) is 0 Å². The van der Waals surface area contributed by atoms with Crippen molar-refractivity contribution in [3.63, 3.8) is 0 Å². The lowest BCUT2D eigenvalue weighted by molar-refractivity contribution is -0.270. The van der Waals surface area contributed by atoms with Gasteiger partial charge in [0.1, 0.15) is 78.6 Å². The number of nitrogens with one attached hydrogen (secondary N) is 10. The van der Waals surface area contributed by atoms with Crippen LogP contribution in [0, 0.1) is 0 Å². The lowest BCUT2D eigenvalue weighted by Gasteiger charge is -2.42. The number of aliphatic hydroxyl groups excluding tert-OH is 10. The van der Waals surface area contributed by atoms with Crippen molar-refractivity contribution >= 4 is 65.0 Å². The van der Waals surface area contributed by atoms with Gasteiger partial charge in [0.15, 0.2) is 18.9 Å². The summed E-state index contributed by atoms with van der Waals surface area (Å²) >= 11 is 0. The van der Waals surface area contributed by atoms with E-state index in [0.717, 1.165) is 44.9 Å². The predicted molar refractivity (Wildman–Crippen MR) is 443 cm³/mol. The van der Waals surface area contributed by atoms with Crippen LogP contribution in [0.4, 0.5) is 0 Å². The van der Waals surface area contributed by atoms with Crippen molar-refractivity contribution in [3.05, 3.63) is 0 Å². The van der Waals surface area contributed by atoms with Crippen molar-refractivity contribution in [2.75, 3.05) is 132 Å². The average molecular weight is 1780 g/mol. The van der Waals surface area contributed by atoms with Crippen LogP contribution in [0.1, 0.15) is 208 Å². The van der Waals surface area contributed by atoms with Crippen molar-refractivity contribution in [2.45, 2.75) is 324 Å². The minimum atomic E-state index is -1.47. The van der Waals surface area contributed by atoms with Gasteiger partial charge in [-0.2, -0.15) is 0 Å². The molecular weight excluding hydrogens is 1630 g/mol. The summed E-state index contributed by atoms with van der Waals surface area (Å²) in [6.07, 6.45) is -5.30. The normalized spacial score (nSPS) is 25.0. The first-order valence-electron chi connectivity index (χ1n) is 44.0. The van der Waals surface area contributed by atoms with Crippen LogP contribution >= 0.6 is 0 Å². The Morgan fingerprint density at radius 3 is 0.960 bits per heavy atom. The van der Waals surface area contributed by atoms with Gasteiger partial charge in [-0.05, 0) is 97.8 Å². The molecule has 11 amide bonds. The SMILES string of the molecule is CC(=O)NC1[C@H](OCCCCC(=O)NCCCNC(=O)CCOCC(COCCC(=O)NCCCNC(=O)CCCCO[C@@H]2OC(CO)[C@H](O)C(O)[C@@H]2NC(C)=O)(COCCC(=O)NCCCNC(=O)CCCCO[C@@H]2OC(CO)[C@H](O)C(O)[C@@H]2NC(C)=O)NC(=O)CCCCCCCCCCC(=O)N2C[C@H](O)C[C@H]2COC(C)(C)C)OC(CO)[C@H](O)[C@@H]1O. The van der Waals surface area contributed by atoms with Crippen molar-refractivity contribution in [3.8, 4) is 0 Å². The molecule has 0 aromatic carbocycles. The second-order valence-electron chi connectivity index (χ2n) is 33.0. The van der Waals surface area contributed by atoms with Crippen molar-refractivity contribution in [2.24, 2.45) is 0 Å². The summed E-state index contributed by atoms with van der Waals surface area (Å²) in [5.41, 5.74) is -1.80. The number of hydrogen-bond acceptors (Lipinski definition) is 31. The molecule has 17 atom stereocenters. The highest BCUT2D eigenvalue weighted by molar-refractivity contribution is 5.79. The molecule has 4 aliphatic rings. The molecular formula is C82H147N11O31. The maximum atomic E-state index is 14.1. The van der Waals surface area contributed by atoms with Gasteiger partial charge in [-0.3, -0.25) is 52.7 Å². The van der Waals surface area contributed by atoms with Crippen LogP contribution in [0.3, 0.4) is 0 Å². The first kappa shape index (κ1) is 110. The second kappa shape index (κ2) is 61.8. The molecule has 4 heterocycles. The zero-order valence-corrected chi connectivity index (χ0v) is 73.3. The Morgan fingerprint density at radius 1 is 0.363 bits per heavy atom. The number of rotatable bonds is 65. The van der Waals surface area contributed by atoms with E-state index in [1.54, 1.807) is 4.90 Å². The van der Waals surface area contributed by atoms with E-state index in [4.69, 9.17) is 47.4 Å². The molecule has 20 N–H and O–H groups in total. The van der Waals surface area contributed by atoms with Crippen LogP contribution in [0.2, 0.25) is 0 Å². The van der Waals surface area contributed by atoms with Gasteiger partial charge in [0.2, 0.25) is 65.0 Å². The third kappa shape index (κ3) is 44.9. The zero-order valence-electron chi connectivity index (χ0n) is 73.3. The number of amides is 11. The van der Waals surface area contributed by atoms with E-state index in [1.807, 2.05) is 20.8 Å². The molecule has 0 bridgehead atoms. The lowest BCUT2D eigenvalue weighted by atomic mass is 9.97. The summed E-state index contributed by atoms with van der Waals surface area (Å²) in [7, 11) is 0. The van der Waals surface area contributed by atoms with E-state index < -0.39 is 141 Å². The van der Waals surface area contributed by atoms with E-state index in [-0.39, 0.29) is 203 Å². The van der Waals surface area contributed by atoms with E-state index in [2.05, 4.69) is 53.2 Å². The van der Waals surface area contributed by atoms with Crippen LogP contribution in [-0.4, -0.2) is 368 Å². The maximum Gasteiger partial charge on any atom is 0.222 e. The van der Waals surface area contributed by atoms with Gasteiger partial charge in [0.05, 0.1) is 83.8 Å². The van der Waals surface area contributed by atoms with Gasteiger partial charge in [-0.25, -0.2) is 0 Å². The summed E-state index contributed by atoms with van der Waals surface area (Å²) in [5.74, 6) is -3.74. The Hall–Kier alpha value is -6.63. The van der Waals surface area contributed by atoms with Crippen LogP contribution in [0.25, 0.3) is 0 Å². The summed E-state index contributed by atoms with van der Waals surface area (Å²) in [4.78, 5) is 142.